The number of hydrogen-bond donors (Lipinski definition) is 0. The van der Waals surface area contributed by atoms with Crippen LogP contribution in [0, 0.1) is 6.92 Å². The highest BCUT2D eigenvalue weighted by molar-refractivity contribution is 6.30. The van der Waals surface area contributed by atoms with Crippen molar-refractivity contribution in [1.29, 1.82) is 0 Å². The number of methoxy groups -OCH3 is 1. The first-order chi connectivity index (χ1) is 15.3. The zero-order valence-corrected chi connectivity index (χ0v) is 18.2. The number of carbonyl (C=O) groups excluding carboxylic acids is 3. The van der Waals surface area contributed by atoms with E-state index in [2.05, 4.69) is 0 Å². The van der Waals surface area contributed by atoms with Gasteiger partial charge in [0.2, 0.25) is 0 Å². The van der Waals surface area contributed by atoms with E-state index in [0.717, 1.165) is 26.6 Å². The van der Waals surface area contributed by atoms with Gasteiger partial charge in [-0.05, 0) is 48.9 Å². The number of barbiturate groups is 1. The number of carbonyl (C=O) groups is 3. The van der Waals surface area contributed by atoms with Gasteiger partial charge < -0.3 is 4.74 Å². The number of rotatable bonds is 4. The predicted octanol–water partition coefficient (Wildman–Crippen LogP) is 3.29. The van der Waals surface area contributed by atoms with Crippen molar-refractivity contribution >= 4 is 23.9 Å². The van der Waals surface area contributed by atoms with E-state index in [0.29, 0.717) is 17.0 Å². The lowest BCUT2D eigenvalue weighted by atomic mass is 10.00. The molecule has 8 nitrogen and oxygen atoms in total. The molecular weight excluding hydrogens is 408 g/mol. The SMILES string of the molecule is COc1ccc(-c2nn(-c3ccccc3)cc2C=C2C(=O)N(C)C(=O)N(C)C2=O)c(C)c1. The Morgan fingerprint density at radius 1 is 0.938 bits per heavy atom. The largest absolute Gasteiger partial charge is 0.497 e. The second kappa shape index (κ2) is 8.14. The Labute approximate surface area is 185 Å². The zero-order chi connectivity index (χ0) is 23.0. The zero-order valence-electron chi connectivity index (χ0n) is 18.2. The highest BCUT2D eigenvalue weighted by Crippen LogP contribution is 2.31. The molecular formula is C24H22N4O4. The van der Waals surface area contributed by atoms with Gasteiger partial charge >= 0.3 is 6.03 Å². The minimum atomic E-state index is -0.664. The van der Waals surface area contributed by atoms with Crippen molar-refractivity contribution in [1.82, 2.24) is 19.6 Å². The van der Waals surface area contributed by atoms with Gasteiger partial charge in [0.15, 0.2) is 0 Å². The second-order valence-electron chi connectivity index (χ2n) is 7.46. The van der Waals surface area contributed by atoms with E-state index in [4.69, 9.17) is 9.84 Å². The molecule has 0 radical (unpaired) electrons. The summed E-state index contributed by atoms with van der Waals surface area (Å²) in [4.78, 5) is 39.4. The summed E-state index contributed by atoms with van der Waals surface area (Å²) < 4.78 is 7.00. The fourth-order valence-electron chi connectivity index (χ4n) is 3.57. The third kappa shape index (κ3) is 3.56. The van der Waals surface area contributed by atoms with Crippen molar-refractivity contribution < 1.29 is 19.1 Å². The van der Waals surface area contributed by atoms with Crippen molar-refractivity contribution in [2.45, 2.75) is 6.92 Å². The summed E-state index contributed by atoms with van der Waals surface area (Å²) in [6, 6.07) is 14.5. The number of likely N-dealkylation sites (N-methyl/N-ethyl adjacent to an activating group) is 2. The van der Waals surface area contributed by atoms with Gasteiger partial charge in [-0.1, -0.05) is 18.2 Å². The quantitative estimate of drug-likeness (QED) is 0.468. The molecule has 0 spiro atoms. The Morgan fingerprint density at radius 3 is 2.19 bits per heavy atom. The number of nitrogens with zero attached hydrogens (tertiary/aromatic N) is 4. The number of imide groups is 2. The van der Waals surface area contributed by atoms with Crippen LogP contribution in [-0.4, -0.2) is 58.6 Å². The lowest BCUT2D eigenvalue weighted by Gasteiger charge is -2.28. The lowest BCUT2D eigenvalue weighted by Crippen LogP contribution is -2.52. The maximum absolute atomic E-state index is 12.7. The number of aromatic nitrogens is 2. The van der Waals surface area contributed by atoms with E-state index in [1.807, 2.05) is 55.5 Å². The lowest BCUT2D eigenvalue weighted by molar-refractivity contribution is -0.134. The van der Waals surface area contributed by atoms with Crippen LogP contribution in [0.3, 0.4) is 0 Å². The molecule has 4 amide bonds. The number of benzene rings is 2. The van der Waals surface area contributed by atoms with Gasteiger partial charge in [0, 0.05) is 31.4 Å². The Balaban J connectivity index is 1.90. The van der Waals surface area contributed by atoms with Crippen LogP contribution >= 0.6 is 0 Å². The van der Waals surface area contributed by atoms with Crippen molar-refractivity contribution in [2.24, 2.45) is 0 Å². The number of aryl methyl sites for hydroxylation is 1. The maximum atomic E-state index is 12.7. The van der Waals surface area contributed by atoms with E-state index in [9.17, 15) is 14.4 Å². The molecule has 1 aromatic heterocycles. The molecule has 0 N–H and O–H groups in total. The van der Waals surface area contributed by atoms with Crippen LogP contribution < -0.4 is 4.74 Å². The highest BCUT2D eigenvalue weighted by atomic mass is 16.5. The molecule has 3 aromatic rings. The van der Waals surface area contributed by atoms with Crippen LogP contribution in [0.2, 0.25) is 0 Å². The van der Waals surface area contributed by atoms with Crippen LogP contribution in [-0.2, 0) is 9.59 Å². The molecule has 0 unspecified atom stereocenters. The number of para-hydroxylation sites is 1. The molecule has 8 heteroatoms. The van der Waals surface area contributed by atoms with Gasteiger partial charge in [-0.15, -0.1) is 0 Å². The van der Waals surface area contributed by atoms with E-state index >= 15 is 0 Å². The minimum Gasteiger partial charge on any atom is -0.497 e. The molecule has 2 heterocycles. The fraction of sp³-hybridized carbons (Fsp3) is 0.167. The van der Waals surface area contributed by atoms with Gasteiger partial charge in [0.1, 0.15) is 17.0 Å². The smallest absolute Gasteiger partial charge is 0.333 e. The topological polar surface area (TPSA) is 84.7 Å². The first kappa shape index (κ1) is 21.0. The predicted molar refractivity (Wildman–Crippen MR) is 119 cm³/mol. The summed E-state index contributed by atoms with van der Waals surface area (Å²) in [6.45, 7) is 1.94. The molecule has 0 saturated carbocycles. The average molecular weight is 430 g/mol. The van der Waals surface area contributed by atoms with Gasteiger partial charge in [0.25, 0.3) is 11.8 Å². The summed E-state index contributed by atoms with van der Waals surface area (Å²) in [5, 5.41) is 4.75. The van der Waals surface area contributed by atoms with Crippen LogP contribution in [0.15, 0.2) is 60.3 Å². The molecule has 1 aliphatic rings. The third-order valence-electron chi connectivity index (χ3n) is 5.40. The molecule has 1 saturated heterocycles. The van der Waals surface area contributed by atoms with Crippen LogP contribution in [0.4, 0.5) is 4.79 Å². The van der Waals surface area contributed by atoms with Crippen molar-refractivity contribution in [3.63, 3.8) is 0 Å². The standard InChI is InChI=1S/C24H22N4O4/c1-15-12-18(32-4)10-11-19(15)21-16(14-28(25-21)17-8-6-5-7-9-17)13-20-22(29)26(2)24(31)27(3)23(20)30/h5-14H,1-4H3. The Bertz CT molecular complexity index is 1230. The highest BCUT2D eigenvalue weighted by Gasteiger charge is 2.38. The van der Waals surface area contributed by atoms with E-state index < -0.39 is 17.8 Å². The summed E-state index contributed by atoms with van der Waals surface area (Å²) in [7, 11) is 4.30. The van der Waals surface area contributed by atoms with E-state index in [1.54, 1.807) is 18.0 Å². The second-order valence-corrected chi connectivity index (χ2v) is 7.46. The van der Waals surface area contributed by atoms with Gasteiger partial charge in [-0.2, -0.15) is 5.10 Å². The van der Waals surface area contributed by atoms with E-state index in [-0.39, 0.29) is 5.57 Å². The average Bonchev–Trinajstić information content (AvgIpc) is 3.23. The summed E-state index contributed by atoms with van der Waals surface area (Å²) in [5.41, 5.74) is 3.66. The van der Waals surface area contributed by atoms with E-state index in [1.165, 1.54) is 20.2 Å². The van der Waals surface area contributed by atoms with Gasteiger partial charge in [0.05, 0.1) is 12.8 Å². The van der Waals surface area contributed by atoms with Crippen molar-refractivity contribution in [3.8, 4) is 22.7 Å². The maximum Gasteiger partial charge on any atom is 0.333 e. The molecule has 162 valence electrons. The minimum absolute atomic E-state index is 0.102. The molecule has 1 fully saturated rings. The van der Waals surface area contributed by atoms with Gasteiger partial charge in [-0.3, -0.25) is 19.4 Å². The summed E-state index contributed by atoms with van der Waals surface area (Å²) in [6.07, 6.45) is 3.26. The molecule has 32 heavy (non-hydrogen) atoms. The first-order valence-corrected chi connectivity index (χ1v) is 9.93. The normalized spacial score (nSPS) is 14.2. The van der Waals surface area contributed by atoms with Crippen LogP contribution in [0.5, 0.6) is 5.75 Å². The number of urea groups is 1. The fourth-order valence-corrected chi connectivity index (χ4v) is 3.57. The van der Waals surface area contributed by atoms with Crippen molar-refractivity contribution in [3.05, 3.63) is 71.4 Å². The van der Waals surface area contributed by atoms with Crippen LogP contribution in [0.1, 0.15) is 11.1 Å². The Hall–Kier alpha value is -4.20. The number of amides is 4. The Kier molecular flexibility index (Phi) is 5.36. The van der Waals surface area contributed by atoms with Crippen molar-refractivity contribution in [2.75, 3.05) is 21.2 Å². The molecule has 4 rings (SSSR count). The molecule has 1 aliphatic heterocycles. The molecule has 2 aromatic carbocycles. The summed E-state index contributed by atoms with van der Waals surface area (Å²) in [5.74, 6) is -0.584. The third-order valence-corrected chi connectivity index (χ3v) is 5.40. The Morgan fingerprint density at radius 2 is 1.59 bits per heavy atom. The number of ether oxygens (including phenoxy) is 1. The monoisotopic (exact) mass is 430 g/mol. The van der Waals surface area contributed by atoms with Crippen LogP contribution in [0.25, 0.3) is 23.0 Å². The molecule has 0 aliphatic carbocycles. The summed E-state index contributed by atoms with van der Waals surface area (Å²) >= 11 is 0. The molecule has 0 bridgehead atoms. The van der Waals surface area contributed by atoms with Gasteiger partial charge in [-0.25, -0.2) is 9.48 Å². The first-order valence-electron chi connectivity index (χ1n) is 9.93. The number of hydrogen-bond acceptors (Lipinski definition) is 5. The molecule has 0 atom stereocenters.